The molecule has 0 saturated carbocycles. The Hall–Kier alpha value is 0.130. The number of unbranched alkanes of at least 4 members (excludes halogenated alkanes) is 4. The van der Waals surface area contributed by atoms with Gasteiger partial charge in [-0.05, 0) is 25.7 Å². The van der Waals surface area contributed by atoms with Crippen LogP contribution in [0.25, 0.3) is 0 Å². The van der Waals surface area contributed by atoms with Crippen molar-refractivity contribution >= 4 is 0 Å². The minimum Gasteiger partial charge on any atom is -1.00 e. The second-order valence-electron chi connectivity index (χ2n) is 5.65. The minimum atomic E-state index is 0. The van der Waals surface area contributed by atoms with Gasteiger partial charge in [-0.2, -0.15) is 0 Å². The van der Waals surface area contributed by atoms with Crippen LogP contribution in [0.5, 0.6) is 0 Å². The molecular formula is C16H42ClNO3. The van der Waals surface area contributed by atoms with Crippen LogP contribution in [-0.2, 0) is 0 Å². The van der Waals surface area contributed by atoms with Crippen LogP contribution in [-0.4, -0.2) is 47.1 Å². The zero-order valence-electron chi connectivity index (χ0n) is 14.8. The van der Waals surface area contributed by atoms with Gasteiger partial charge in [0, 0.05) is 0 Å². The second-order valence-corrected chi connectivity index (χ2v) is 5.65. The number of halogens is 1. The predicted octanol–water partition coefficient (Wildman–Crippen LogP) is -0.466. The van der Waals surface area contributed by atoms with Gasteiger partial charge in [-0.1, -0.05) is 53.4 Å². The lowest BCUT2D eigenvalue weighted by molar-refractivity contribution is -0.929. The lowest BCUT2D eigenvalue weighted by Gasteiger charge is -2.39. The third-order valence-electron chi connectivity index (χ3n) is 3.94. The zero-order valence-corrected chi connectivity index (χ0v) is 15.6. The molecule has 21 heavy (non-hydrogen) atoms. The molecule has 0 radical (unpaired) electrons. The van der Waals surface area contributed by atoms with Gasteiger partial charge >= 0.3 is 0 Å². The van der Waals surface area contributed by atoms with Crippen molar-refractivity contribution in [3.8, 4) is 0 Å². The number of rotatable bonds is 12. The van der Waals surface area contributed by atoms with Gasteiger partial charge in [0.05, 0.1) is 26.2 Å². The molecule has 0 atom stereocenters. The van der Waals surface area contributed by atoms with Gasteiger partial charge in [0.2, 0.25) is 0 Å². The summed E-state index contributed by atoms with van der Waals surface area (Å²) in [7, 11) is 0. The first-order chi connectivity index (χ1) is 8.24. The van der Waals surface area contributed by atoms with E-state index in [1.807, 2.05) is 0 Å². The highest BCUT2D eigenvalue weighted by atomic mass is 35.5. The van der Waals surface area contributed by atoms with E-state index in [0.717, 1.165) is 0 Å². The van der Waals surface area contributed by atoms with Gasteiger partial charge in [0.25, 0.3) is 0 Å². The molecule has 4 nitrogen and oxygen atoms in total. The number of quaternary nitrogens is 1. The van der Waals surface area contributed by atoms with Gasteiger partial charge in [-0.3, -0.25) is 0 Å². The van der Waals surface area contributed by atoms with Gasteiger partial charge in [-0.25, -0.2) is 0 Å². The van der Waals surface area contributed by atoms with Crippen LogP contribution in [0, 0.1) is 0 Å². The maximum atomic E-state index is 2.33. The molecule has 0 rings (SSSR count). The summed E-state index contributed by atoms with van der Waals surface area (Å²) in [4.78, 5) is 0. The van der Waals surface area contributed by atoms with E-state index >= 15 is 0 Å². The first kappa shape index (κ1) is 32.9. The summed E-state index contributed by atoms with van der Waals surface area (Å²) in [5.74, 6) is 0. The predicted molar refractivity (Wildman–Crippen MR) is 90.2 cm³/mol. The minimum absolute atomic E-state index is 0. The molecule has 5 heteroatoms. The van der Waals surface area contributed by atoms with Crippen molar-refractivity contribution in [2.24, 2.45) is 0 Å². The van der Waals surface area contributed by atoms with Crippen molar-refractivity contribution in [1.29, 1.82) is 0 Å². The summed E-state index contributed by atoms with van der Waals surface area (Å²) in [6.45, 7) is 15.0. The highest BCUT2D eigenvalue weighted by Gasteiger charge is 2.24. The van der Waals surface area contributed by atoms with Crippen LogP contribution in [0.1, 0.15) is 79.1 Å². The van der Waals surface area contributed by atoms with Gasteiger partial charge in [-0.15, -0.1) is 0 Å². The zero-order chi connectivity index (χ0) is 13.0. The van der Waals surface area contributed by atoms with Crippen LogP contribution in [0.3, 0.4) is 0 Å². The molecule has 0 saturated heterocycles. The maximum absolute atomic E-state index is 2.33. The molecular weight excluding hydrogens is 290 g/mol. The van der Waals surface area contributed by atoms with Crippen molar-refractivity contribution in [1.82, 2.24) is 0 Å². The van der Waals surface area contributed by atoms with Crippen LogP contribution in [0.2, 0.25) is 0 Å². The van der Waals surface area contributed by atoms with E-state index in [4.69, 9.17) is 0 Å². The van der Waals surface area contributed by atoms with Gasteiger partial charge in [0.1, 0.15) is 0 Å². The molecule has 0 aromatic carbocycles. The molecule has 136 valence electrons. The monoisotopic (exact) mass is 331 g/mol. The Bertz CT molecular complexity index is 134. The largest absolute Gasteiger partial charge is 1.00 e. The van der Waals surface area contributed by atoms with Crippen molar-refractivity contribution in [3.63, 3.8) is 0 Å². The Morgan fingerprint density at radius 3 is 0.810 bits per heavy atom. The number of hydrogen-bond donors (Lipinski definition) is 0. The molecule has 0 aromatic rings. The van der Waals surface area contributed by atoms with E-state index in [1.54, 1.807) is 0 Å². The fourth-order valence-electron chi connectivity index (χ4n) is 2.64. The quantitative estimate of drug-likeness (QED) is 0.432. The Kier molecular flexibility index (Phi) is 35.1. The normalized spacial score (nSPS) is 9.71. The average Bonchev–Trinajstić information content (AvgIpc) is 2.37. The van der Waals surface area contributed by atoms with Crippen LogP contribution < -0.4 is 12.4 Å². The maximum Gasteiger partial charge on any atom is 0.0786 e. The smallest absolute Gasteiger partial charge is 0.0786 e. The summed E-state index contributed by atoms with van der Waals surface area (Å²) in [6.07, 6.45) is 11.1. The van der Waals surface area contributed by atoms with Crippen molar-refractivity contribution in [2.75, 3.05) is 26.2 Å². The summed E-state index contributed by atoms with van der Waals surface area (Å²) in [5.41, 5.74) is 0. The summed E-state index contributed by atoms with van der Waals surface area (Å²) in [5, 5.41) is 0. The van der Waals surface area contributed by atoms with E-state index in [1.165, 1.54) is 82.0 Å². The Labute approximate surface area is 139 Å². The summed E-state index contributed by atoms with van der Waals surface area (Å²) < 4.78 is 1.42. The lowest BCUT2D eigenvalue weighted by Crippen LogP contribution is -3.00. The van der Waals surface area contributed by atoms with Gasteiger partial charge < -0.3 is 33.3 Å². The second kappa shape index (κ2) is 22.4. The first-order valence-electron chi connectivity index (χ1n) is 8.09. The highest BCUT2D eigenvalue weighted by molar-refractivity contribution is 4.49. The van der Waals surface area contributed by atoms with Gasteiger partial charge in [0.15, 0.2) is 0 Å². The van der Waals surface area contributed by atoms with E-state index < -0.39 is 0 Å². The topological polar surface area (TPSA) is 94.5 Å². The summed E-state index contributed by atoms with van der Waals surface area (Å²) in [6, 6.07) is 0. The number of nitrogens with zero attached hydrogens (tertiary/aromatic N) is 1. The van der Waals surface area contributed by atoms with E-state index in [9.17, 15) is 0 Å². The molecule has 0 aliphatic heterocycles. The fraction of sp³-hybridized carbons (Fsp3) is 1.00. The lowest BCUT2D eigenvalue weighted by atomic mass is 10.1. The molecule has 0 aliphatic carbocycles. The molecule has 0 aliphatic rings. The molecule has 0 amide bonds. The molecule has 6 N–H and O–H groups in total. The molecule has 0 heterocycles. The number of hydrogen-bond acceptors (Lipinski definition) is 0. The SMILES string of the molecule is CCCC[N+](CCCC)(CCCC)CCCC.O.O.O.[Cl-]. The first-order valence-corrected chi connectivity index (χ1v) is 8.09. The van der Waals surface area contributed by atoms with Crippen molar-refractivity contribution in [3.05, 3.63) is 0 Å². The highest BCUT2D eigenvalue weighted by Crippen LogP contribution is 2.16. The van der Waals surface area contributed by atoms with Crippen molar-refractivity contribution in [2.45, 2.75) is 79.1 Å². The standard InChI is InChI=1S/C16H36N.ClH.3H2O/c1-5-9-13-17(14-10-6-2,15-11-7-3)16-12-8-4;;;;/h5-16H2,1-4H3;1H;3*1H2/q+1;;;;/p-1. The molecule has 0 unspecified atom stereocenters. The molecule has 0 aromatic heterocycles. The third kappa shape index (κ3) is 16.3. The fourth-order valence-corrected chi connectivity index (χ4v) is 2.64. The van der Waals surface area contributed by atoms with E-state index in [0.29, 0.717) is 0 Å². The van der Waals surface area contributed by atoms with Crippen molar-refractivity contribution < 1.29 is 33.3 Å². The molecule has 0 bridgehead atoms. The third-order valence-corrected chi connectivity index (χ3v) is 3.94. The Morgan fingerprint density at radius 1 is 0.476 bits per heavy atom. The van der Waals surface area contributed by atoms with Crippen LogP contribution in [0.4, 0.5) is 0 Å². The molecule has 0 spiro atoms. The van der Waals surface area contributed by atoms with E-state index in [-0.39, 0.29) is 28.8 Å². The Morgan fingerprint density at radius 2 is 0.667 bits per heavy atom. The van der Waals surface area contributed by atoms with Crippen LogP contribution in [0.15, 0.2) is 0 Å². The average molecular weight is 332 g/mol. The summed E-state index contributed by atoms with van der Waals surface area (Å²) >= 11 is 0. The van der Waals surface area contributed by atoms with Crippen LogP contribution >= 0.6 is 0 Å². The van der Waals surface area contributed by atoms with E-state index in [2.05, 4.69) is 27.7 Å². The molecule has 0 fully saturated rings. The Balaban J connectivity index is -0.000000213.